The summed E-state index contributed by atoms with van der Waals surface area (Å²) >= 11 is 0. The third-order valence-electron chi connectivity index (χ3n) is 4.91. The van der Waals surface area contributed by atoms with Gasteiger partial charge in [0, 0.05) is 42.1 Å². The lowest BCUT2D eigenvalue weighted by Gasteiger charge is -2.22. The predicted molar refractivity (Wildman–Crippen MR) is 98.5 cm³/mol. The molecule has 1 atom stereocenters. The number of pyridine rings is 2. The fourth-order valence-corrected chi connectivity index (χ4v) is 3.60. The minimum atomic E-state index is 0.665. The highest BCUT2D eigenvalue weighted by Gasteiger charge is 2.23. The van der Waals surface area contributed by atoms with Crippen molar-refractivity contribution in [2.75, 3.05) is 11.9 Å². The number of hydrogen-bond donors (Lipinski definition) is 1. The van der Waals surface area contributed by atoms with E-state index in [1.807, 2.05) is 19.3 Å². The van der Waals surface area contributed by atoms with Crippen molar-refractivity contribution in [2.24, 2.45) is 5.92 Å². The van der Waals surface area contributed by atoms with Crippen LogP contribution in [0.15, 0.2) is 30.6 Å². The summed E-state index contributed by atoms with van der Waals surface area (Å²) in [7, 11) is 0. The summed E-state index contributed by atoms with van der Waals surface area (Å²) in [5.41, 5.74) is 6.10. The molecule has 4 heterocycles. The zero-order chi connectivity index (χ0) is 16.7. The van der Waals surface area contributed by atoms with Crippen molar-refractivity contribution >= 4 is 16.9 Å². The van der Waals surface area contributed by atoms with Crippen LogP contribution in [0.1, 0.15) is 29.3 Å². The lowest BCUT2D eigenvalue weighted by Crippen LogP contribution is -2.22. The molecule has 4 nitrogen and oxygen atoms in total. The first-order chi connectivity index (χ1) is 11.6. The van der Waals surface area contributed by atoms with Gasteiger partial charge in [-0.25, -0.2) is 4.98 Å². The molecule has 1 aliphatic heterocycles. The quantitative estimate of drug-likeness (QED) is 0.796. The summed E-state index contributed by atoms with van der Waals surface area (Å²) in [6, 6.07) is 6.54. The van der Waals surface area contributed by atoms with Crippen molar-refractivity contribution in [3.63, 3.8) is 0 Å². The van der Waals surface area contributed by atoms with Crippen LogP contribution < -0.4 is 5.32 Å². The summed E-state index contributed by atoms with van der Waals surface area (Å²) in [4.78, 5) is 9.15. The van der Waals surface area contributed by atoms with Crippen LogP contribution in [0.25, 0.3) is 11.0 Å². The maximum Gasteiger partial charge on any atom is 0.141 e. The van der Waals surface area contributed by atoms with Gasteiger partial charge in [0.1, 0.15) is 11.5 Å². The average Bonchev–Trinajstić information content (AvgIpc) is 2.87. The van der Waals surface area contributed by atoms with Crippen molar-refractivity contribution in [2.45, 2.75) is 40.2 Å². The zero-order valence-corrected chi connectivity index (χ0v) is 14.6. The first kappa shape index (κ1) is 15.2. The smallest absolute Gasteiger partial charge is 0.141 e. The fourth-order valence-electron chi connectivity index (χ4n) is 3.60. The summed E-state index contributed by atoms with van der Waals surface area (Å²) in [5, 5.41) is 4.95. The highest BCUT2D eigenvalue weighted by molar-refractivity contribution is 5.88. The molecule has 0 saturated heterocycles. The molecular weight excluding hydrogens is 296 g/mol. The summed E-state index contributed by atoms with van der Waals surface area (Å²) in [5.74, 6) is 1.93. The van der Waals surface area contributed by atoms with Crippen molar-refractivity contribution in [3.05, 3.63) is 53.0 Å². The van der Waals surface area contributed by atoms with Crippen LogP contribution >= 0.6 is 0 Å². The first-order valence-electron chi connectivity index (χ1n) is 8.75. The van der Waals surface area contributed by atoms with Gasteiger partial charge in [-0.2, -0.15) is 0 Å². The molecule has 0 spiro atoms. The van der Waals surface area contributed by atoms with Gasteiger partial charge in [-0.15, -0.1) is 0 Å². The Hall–Kier alpha value is -2.36. The number of aryl methyl sites for hydroxylation is 4. The van der Waals surface area contributed by atoms with E-state index in [1.54, 1.807) is 0 Å². The summed E-state index contributed by atoms with van der Waals surface area (Å²) in [6.45, 7) is 8.41. The molecule has 4 rings (SSSR count). The fraction of sp³-hybridized carbons (Fsp3) is 0.400. The Labute approximate surface area is 142 Å². The molecule has 1 aliphatic rings. The minimum Gasteiger partial charge on any atom is -0.371 e. The van der Waals surface area contributed by atoms with Crippen LogP contribution in [0.4, 0.5) is 5.82 Å². The van der Waals surface area contributed by atoms with Gasteiger partial charge in [0.05, 0.1) is 0 Å². The molecule has 4 heteroatoms. The van der Waals surface area contributed by atoms with Crippen molar-refractivity contribution in [1.82, 2.24) is 14.5 Å². The predicted octanol–water partition coefficient (Wildman–Crippen LogP) is 3.89. The molecule has 0 bridgehead atoms. The van der Waals surface area contributed by atoms with Crippen LogP contribution in [-0.2, 0) is 19.4 Å². The van der Waals surface area contributed by atoms with Gasteiger partial charge >= 0.3 is 0 Å². The molecule has 0 saturated carbocycles. The van der Waals surface area contributed by atoms with Crippen LogP contribution in [0.2, 0.25) is 0 Å². The first-order valence-corrected chi connectivity index (χ1v) is 8.75. The van der Waals surface area contributed by atoms with Crippen molar-refractivity contribution < 1.29 is 0 Å². The molecule has 1 unspecified atom stereocenters. The average molecular weight is 320 g/mol. The second kappa shape index (κ2) is 5.93. The van der Waals surface area contributed by atoms with Gasteiger partial charge in [-0.05, 0) is 55.9 Å². The number of anilines is 1. The van der Waals surface area contributed by atoms with Gasteiger partial charge in [-0.3, -0.25) is 4.98 Å². The highest BCUT2D eigenvalue weighted by atomic mass is 15.2. The second-order valence-corrected chi connectivity index (χ2v) is 7.11. The zero-order valence-electron chi connectivity index (χ0n) is 14.6. The monoisotopic (exact) mass is 320 g/mol. The molecule has 24 heavy (non-hydrogen) atoms. The molecule has 0 aromatic carbocycles. The van der Waals surface area contributed by atoms with Crippen LogP contribution in [0.5, 0.6) is 0 Å². The van der Waals surface area contributed by atoms with E-state index in [0.717, 1.165) is 37.3 Å². The normalized spacial score (nSPS) is 16.9. The number of rotatable bonds is 3. The number of hydrogen-bond acceptors (Lipinski definition) is 3. The van der Waals surface area contributed by atoms with Gasteiger partial charge in [-0.1, -0.05) is 13.0 Å². The maximum absolute atomic E-state index is 4.74. The van der Waals surface area contributed by atoms with Crippen LogP contribution in [0.3, 0.4) is 0 Å². The second-order valence-electron chi connectivity index (χ2n) is 7.11. The molecule has 124 valence electrons. The third kappa shape index (κ3) is 2.66. The third-order valence-corrected chi connectivity index (χ3v) is 4.91. The van der Waals surface area contributed by atoms with E-state index in [0.29, 0.717) is 5.92 Å². The van der Waals surface area contributed by atoms with E-state index in [2.05, 4.69) is 46.9 Å². The Kier molecular flexibility index (Phi) is 3.75. The van der Waals surface area contributed by atoms with E-state index < -0.39 is 0 Å². The molecule has 0 fully saturated rings. The molecule has 0 aliphatic carbocycles. The molecule has 3 aromatic rings. The molecule has 1 N–H and O–H groups in total. The SMILES string of the molecule is Cc1cnc2c(c1)c1c(n2CCc2ccc(C)nc2)NCC(C)C1. The molecule has 0 amide bonds. The van der Waals surface area contributed by atoms with Gasteiger partial charge < -0.3 is 9.88 Å². The number of fused-ring (bicyclic) bond motifs is 3. The Morgan fingerprint density at radius 1 is 1.21 bits per heavy atom. The topological polar surface area (TPSA) is 42.7 Å². The summed E-state index contributed by atoms with van der Waals surface area (Å²) in [6.07, 6.45) is 6.06. The van der Waals surface area contributed by atoms with E-state index in [9.17, 15) is 0 Å². The Morgan fingerprint density at radius 2 is 2.08 bits per heavy atom. The number of nitrogens with zero attached hydrogens (tertiary/aromatic N) is 3. The van der Waals surface area contributed by atoms with Crippen molar-refractivity contribution in [3.8, 4) is 0 Å². The lowest BCUT2D eigenvalue weighted by atomic mass is 9.97. The Bertz CT molecular complexity index is 877. The maximum atomic E-state index is 4.74. The van der Waals surface area contributed by atoms with E-state index >= 15 is 0 Å². The lowest BCUT2D eigenvalue weighted by molar-refractivity contribution is 0.585. The standard InChI is InChI=1S/C20H24N4/c1-13-8-17-18-9-14(2)11-23-20(18)24(19(17)22-10-13)7-6-16-5-4-15(3)21-12-16/h4-5,8,10,12,14,23H,6-7,9,11H2,1-3H3. The van der Waals surface area contributed by atoms with Gasteiger partial charge in [0.25, 0.3) is 0 Å². The number of aromatic nitrogens is 3. The van der Waals surface area contributed by atoms with Gasteiger partial charge in [0.2, 0.25) is 0 Å². The summed E-state index contributed by atoms with van der Waals surface area (Å²) < 4.78 is 2.36. The van der Waals surface area contributed by atoms with E-state index in [1.165, 1.54) is 27.9 Å². The molecule has 3 aromatic heterocycles. The Balaban J connectivity index is 1.73. The number of nitrogens with one attached hydrogen (secondary N) is 1. The van der Waals surface area contributed by atoms with Crippen LogP contribution in [-0.4, -0.2) is 21.1 Å². The van der Waals surface area contributed by atoms with Gasteiger partial charge in [0.15, 0.2) is 0 Å². The molecular formula is C20H24N4. The van der Waals surface area contributed by atoms with E-state index in [4.69, 9.17) is 4.98 Å². The minimum absolute atomic E-state index is 0.665. The Morgan fingerprint density at radius 3 is 2.88 bits per heavy atom. The highest BCUT2D eigenvalue weighted by Crippen LogP contribution is 2.34. The molecule has 0 radical (unpaired) electrons. The van der Waals surface area contributed by atoms with E-state index in [-0.39, 0.29) is 0 Å². The van der Waals surface area contributed by atoms with Crippen LogP contribution in [0, 0.1) is 19.8 Å². The largest absolute Gasteiger partial charge is 0.371 e. The van der Waals surface area contributed by atoms with Crippen molar-refractivity contribution in [1.29, 1.82) is 0 Å².